The van der Waals surface area contributed by atoms with Crippen molar-refractivity contribution in [2.24, 2.45) is 0 Å². The number of anilines is 1. The Morgan fingerprint density at radius 1 is 1.45 bits per heavy atom. The third kappa shape index (κ3) is 3.22. The van der Waals surface area contributed by atoms with Crippen LogP contribution in [-0.2, 0) is 0 Å². The molecule has 1 N–H and O–H groups in total. The second kappa shape index (κ2) is 5.97. The van der Waals surface area contributed by atoms with Crippen LogP contribution in [0.5, 0.6) is 0 Å². The third-order valence-electron chi connectivity index (χ3n) is 2.90. The van der Waals surface area contributed by atoms with Crippen LogP contribution >= 0.6 is 27.5 Å². The first-order valence-corrected chi connectivity index (χ1v) is 7.37. The van der Waals surface area contributed by atoms with Gasteiger partial charge in [0, 0.05) is 12.2 Å². The summed E-state index contributed by atoms with van der Waals surface area (Å²) in [5.41, 5.74) is 1.97. The summed E-state index contributed by atoms with van der Waals surface area (Å²) in [5, 5.41) is 3.41. The largest absolute Gasteiger partial charge is 0.339 e. The van der Waals surface area contributed by atoms with Crippen LogP contribution in [0, 0.1) is 6.92 Å². The summed E-state index contributed by atoms with van der Waals surface area (Å²) >= 11 is 9.29. The predicted molar refractivity (Wildman–Crippen MR) is 84.5 cm³/mol. The molecule has 2 aromatic rings. The van der Waals surface area contributed by atoms with Crippen molar-refractivity contribution in [1.29, 1.82) is 0 Å². The summed E-state index contributed by atoms with van der Waals surface area (Å²) in [6.45, 7) is 5.84. The van der Waals surface area contributed by atoms with Gasteiger partial charge in [0.25, 0.3) is 5.91 Å². The molecular formula is C14H15BrClN3O. The minimum atomic E-state index is -0.196. The molecule has 6 heteroatoms. The van der Waals surface area contributed by atoms with Gasteiger partial charge in [0.05, 0.1) is 16.4 Å². The fraction of sp³-hybridized carbons (Fsp3) is 0.286. The van der Waals surface area contributed by atoms with E-state index in [2.05, 4.69) is 26.2 Å². The van der Waals surface area contributed by atoms with Gasteiger partial charge in [-0.05, 0) is 54.9 Å². The number of amides is 1. The number of nitrogens with zero attached hydrogens (tertiary/aromatic N) is 2. The fourth-order valence-corrected chi connectivity index (χ4v) is 2.51. The van der Waals surface area contributed by atoms with E-state index in [1.165, 1.54) is 0 Å². The fourth-order valence-electron chi connectivity index (χ4n) is 1.90. The Kier molecular flexibility index (Phi) is 4.50. The Labute approximate surface area is 131 Å². The molecule has 0 fully saturated rings. The summed E-state index contributed by atoms with van der Waals surface area (Å²) in [7, 11) is 0. The molecule has 0 bridgehead atoms. The molecule has 2 heterocycles. The molecule has 0 aliphatic rings. The molecule has 4 nitrogen and oxygen atoms in total. The average Bonchev–Trinajstić information content (AvgIpc) is 2.75. The smallest absolute Gasteiger partial charge is 0.272 e. The lowest BCUT2D eigenvalue weighted by molar-refractivity contribution is 0.101. The van der Waals surface area contributed by atoms with Crippen molar-refractivity contribution in [1.82, 2.24) is 9.55 Å². The first-order chi connectivity index (χ1) is 9.38. The number of aryl methyl sites for hydroxylation is 1. The van der Waals surface area contributed by atoms with Gasteiger partial charge in [-0.1, -0.05) is 11.6 Å². The van der Waals surface area contributed by atoms with Crippen LogP contribution in [-0.4, -0.2) is 15.5 Å². The first-order valence-electron chi connectivity index (χ1n) is 6.20. The molecule has 0 saturated heterocycles. The van der Waals surface area contributed by atoms with Gasteiger partial charge in [-0.25, -0.2) is 4.98 Å². The van der Waals surface area contributed by atoms with Gasteiger partial charge in [-0.3, -0.25) is 4.79 Å². The molecule has 2 rings (SSSR count). The van der Waals surface area contributed by atoms with E-state index in [1.807, 2.05) is 31.4 Å². The number of carbonyl (C=O) groups excluding carboxylic acids is 1. The zero-order valence-corrected chi connectivity index (χ0v) is 13.8. The Morgan fingerprint density at radius 3 is 2.75 bits per heavy atom. The number of pyridine rings is 1. The van der Waals surface area contributed by atoms with Crippen molar-refractivity contribution < 1.29 is 4.79 Å². The molecule has 20 heavy (non-hydrogen) atoms. The number of carbonyl (C=O) groups is 1. The minimum absolute atomic E-state index is 0.160. The van der Waals surface area contributed by atoms with Crippen LogP contribution in [0.25, 0.3) is 0 Å². The van der Waals surface area contributed by atoms with Crippen LogP contribution in [0.3, 0.4) is 0 Å². The third-order valence-corrected chi connectivity index (χ3v) is 3.55. The summed E-state index contributed by atoms with van der Waals surface area (Å²) in [4.78, 5) is 16.6. The summed E-state index contributed by atoms with van der Waals surface area (Å²) in [6, 6.07) is 5.43. The highest BCUT2D eigenvalue weighted by atomic mass is 79.9. The molecule has 0 aliphatic heterocycles. The highest BCUT2D eigenvalue weighted by Crippen LogP contribution is 2.21. The van der Waals surface area contributed by atoms with Crippen molar-refractivity contribution in [3.8, 4) is 0 Å². The van der Waals surface area contributed by atoms with E-state index in [-0.39, 0.29) is 11.9 Å². The van der Waals surface area contributed by atoms with Gasteiger partial charge < -0.3 is 9.88 Å². The number of hydrogen-bond acceptors (Lipinski definition) is 2. The van der Waals surface area contributed by atoms with Crippen LogP contribution in [0.4, 0.5) is 5.69 Å². The van der Waals surface area contributed by atoms with Crippen molar-refractivity contribution in [2.45, 2.75) is 26.8 Å². The van der Waals surface area contributed by atoms with Crippen molar-refractivity contribution in [3.05, 3.63) is 45.4 Å². The highest BCUT2D eigenvalue weighted by molar-refractivity contribution is 9.10. The molecular weight excluding hydrogens is 342 g/mol. The van der Waals surface area contributed by atoms with E-state index >= 15 is 0 Å². The maximum absolute atomic E-state index is 12.4. The van der Waals surface area contributed by atoms with Crippen LogP contribution in [0.15, 0.2) is 29.0 Å². The standard InChI is InChI=1S/C14H15BrClN3O/c1-8(2)19-7-10(16)6-12(19)14(20)18-11-4-5-13(15)17-9(11)3/h4-8H,1-3H3,(H,18,20). The molecule has 0 spiro atoms. The van der Waals surface area contributed by atoms with Crippen molar-refractivity contribution >= 4 is 39.1 Å². The van der Waals surface area contributed by atoms with E-state index < -0.39 is 0 Å². The van der Waals surface area contributed by atoms with Gasteiger partial charge in [-0.2, -0.15) is 0 Å². The average molecular weight is 357 g/mol. The van der Waals surface area contributed by atoms with Gasteiger partial charge in [0.15, 0.2) is 0 Å². The summed E-state index contributed by atoms with van der Waals surface area (Å²) in [6.07, 6.45) is 1.76. The number of rotatable bonds is 3. The number of halogens is 2. The molecule has 0 saturated carbocycles. The second-order valence-electron chi connectivity index (χ2n) is 4.77. The predicted octanol–water partition coefficient (Wildman–Crippen LogP) is 4.44. The maximum Gasteiger partial charge on any atom is 0.272 e. The van der Waals surface area contributed by atoms with Gasteiger partial charge in [0.1, 0.15) is 10.3 Å². The topological polar surface area (TPSA) is 46.9 Å². The molecule has 0 aromatic carbocycles. The summed E-state index contributed by atoms with van der Waals surface area (Å²) < 4.78 is 2.58. The minimum Gasteiger partial charge on any atom is -0.339 e. The van der Waals surface area contributed by atoms with Crippen molar-refractivity contribution in [2.75, 3.05) is 5.32 Å². The lowest BCUT2D eigenvalue weighted by Gasteiger charge is -2.13. The molecule has 0 aliphatic carbocycles. The van der Waals surface area contributed by atoms with E-state index in [0.717, 1.165) is 10.3 Å². The molecule has 1 amide bonds. The van der Waals surface area contributed by atoms with Gasteiger partial charge in [-0.15, -0.1) is 0 Å². The first kappa shape index (κ1) is 15.1. The highest BCUT2D eigenvalue weighted by Gasteiger charge is 2.16. The van der Waals surface area contributed by atoms with Crippen LogP contribution in [0.2, 0.25) is 5.02 Å². The second-order valence-corrected chi connectivity index (χ2v) is 6.01. The zero-order chi connectivity index (χ0) is 14.9. The Morgan fingerprint density at radius 2 is 2.15 bits per heavy atom. The molecule has 0 atom stereocenters. The Balaban J connectivity index is 2.28. The zero-order valence-electron chi connectivity index (χ0n) is 11.4. The Hall–Kier alpha value is -1.33. The number of aromatic nitrogens is 2. The molecule has 2 aromatic heterocycles. The Bertz CT molecular complexity index is 652. The lowest BCUT2D eigenvalue weighted by Crippen LogP contribution is -2.18. The van der Waals surface area contributed by atoms with E-state index in [4.69, 9.17) is 11.6 Å². The van der Waals surface area contributed by atoms with E-state index in [0.29, 0.717) is 16.4 Å². The van der Waals surface area contributed by atoms with Crippen LogP contribution in [0.1, 0.15) is 36.1 Å². The van der Waals surface area contributed by atoms with Gasteiger partial charge in [0.2, 0.25) is 0 Å². The lowest BCUT2D eigenvalue weighted by atomic mass is 10.3. The SMILES string of the molecule is Cc1nc(Br)ccc1NC(=O)c1cc(Cl)cn1C(C)C. The summed E-state index contributed by atoms with van der Waals surface area (Å²) in [5.74, 6) is -0.196. The molecule has 0 radical (unpaired) electrons. The van der Waals surface area contributed by atoms with Crippen molar-refractivity contribution in [3.63, 3.8) is 0 Å². The van der Waals surface area contributed by atoms with Crippen LogP contribution < -0.4 is 5.32 Å². The van der Waals surface area contributed by atoms with E-state index in [9.17, 15) is 4.79 Å². The molecule has 0 unspecified atom stereocenters. The van der Waals surface area contributed by atoms with E-state index in [1.54, 1.807) is 18.3 Å². The number of hydrogen-bond donors (Lipinski definition) is 1. The quantitative estimate of drug-likeness (QED) is 0.826. The maximum atomic E-state index is 12.4. The normalized spacial score (nSPS) is 10.9. The van der Waals surface area contributed by atoms with Gasteiger partial charge >= 0.3 is 0 Å². The molecule has 106 valence electrons. The number of nitrogens with one attached hydrogen (secondary N) is 1. The monoisotopic (exact) mass is 355 g/mol.